The summed E-state index contributed by atoms with van der Waals surface area (Å²) in [5.41, 5.74) is 0.620. The number of rotatable bonds is 6. The van der Waals surface area contributed by atoms with Crippen LogP contribution < -0.4 is 10.2 Å². The van der Waals surface area contributed by atoms with Crippen LogP contribution in [0.5, 0.6) is 0 Å². The molecule has 2 aromatic carbocycles. The molecule has 0 bridgehead atoms. The number of sulfonamides is 1. The van der Waals surface area contributed by atoms with Gasteiger partial charge in [0.1, 0.15) is 18.0 Å². The maximum absolute atomic E-state index is 12.8. The number of hydrogen-bond donors (Lipinski definition) is 1. The number of nitrogens with zero attached hydrogens (tertiary/aromatic N) is 4. The molecule has 0 saturated carbocycles. The molecular formula is C22H17F6N5O4S. The van der Waals surface area contributed by atoms with Crippen LogP contribution >= 0.6 is 0 Å². The van der Waals surface area contributed by atoms with Gasteiger partial charge in [-0.15, -0.1) is 0 Å². The number of carbonyl (C=O) groups excluding carboxylic acids is 1. The fraction of sp³-hybridized carbons (Fsp3) is 0.227. The molecule has 1 aliphatic rings. The predicted molar refractivity (Wildman–Crippen MR) is 121 cm³/mol. The van der Waals surface area contributed by atoms with Gasteiger partial charge in [-0.25, -0.2) is 23.2 Å². The quantitative estimate of drug-likeness (QED) is 0.345. The highest BCUT2D eigenvalue weighted by molar-refractivity contribution is 7.89. The van der Waals surface area contributed by atoms with E-state index in [1.807, 2.05) is 0 Å². The first-order chi connectivity index (χ1) is 17.7. The Balaban J connectivity index is 1.57. The van der Waals surface area contributed by atoms with E-state index in [0.717, 1.165) is 17.7 Å². The monoisotopic (exact) mass is 561 g/mol. The lowest BCUT2D eigenvalue weighted by molar-refractivity contribution is -0.219. The first-order valence-electron chi connectivity index (χ1n) is 10.6. The van der Waals surface area contributed by atoms with E-state index in [2.05, 4.69) is 20.1 Å². The molecule has 0 radical (unpaired) electrons. The molecule has 0 saturated heterocycles. The highest BCUT2D eigenvalue weighted by atomic mass is 32.2. The maximum atomic E-state index is 12.8. The van der Waals surface area contributed by atoms with Gasteiger partial charge in [0, 0.05) is 31.0 Å². The van der Waals surface area contributed by atoms with E-state index in [9.17, 15) is 39.6 Å². The van der Waals surface area contributed by atoms with E-state index in [1.165, 1.54) is 42.7 Å². The van der Waals surface area contributed by atoms with Crippen molar-refractivity contribution in [3.8, 4) is 0 Å². The van der Waals surface area contributed by atoms with Gasteiger partial charge in [0.25, 0.3) is 10.0 Å². The summed E-state index contributed by atoms with van der Waals surface area (Å²) in [4.78, 5) is 24.4. The van der Waals surface area contributed by atoms with Crippen LogP contribution in [0, 0.1) is 0 Å². The van der Waals surface area contributed by atoms with Gasteiger partial charge in [0.05, 0.1) is 10.5 Å². The van der Waals surface area contributed by atoms with Gasteiger partial charge in [-0.05, 0) is 52.9 Å². The van der Waals surface area contributed by atoms with Crippen LogP contribution in [0.25, 0.3) is 0 Å². The molecule has 0 aliphatic carbocycles. The SMILES string of the molecule is CN(OC(=O)C(F)(F)F)S(=O)(=O)c1ccc2c(c1)N(c1cc(Nc3ccc(C(F)(F)F)cc3)ncn1)CC2. The minimum Gasteiger partial charge on any atom is -0.345 e. The smallest absolute Gasteiger partial charge is 0.345 e. The lowest BCUT2D eigenvalue weighted by atomic mass is 10.2. The summed E-state index contributed by atoms with van der Waals surface area (Å²) >= 11 is 0. The van der Waals surface area contributed by atoms with E-state index in [4.69, 9.17) is 0 Å². The summed E-state index contributed by atoms with van der Waals surface area (Å²) in [6, 6.07) is 9.63. The summed E-state index contributed by atoms with van der Waals surface area (Å²) < 4.78 is 101. The number of hydroxylamine groups is 1. The molecule has 16 heteroatoms. The largest absolute Gasteiger partial charge is 0.492 e. The summed E-state index contributed by atoms with van der Waals surface area (Å²) in [6.07, 6.45) is -8.19. The number of hydrogen-bond acceptors (Lipinski definition) is 8. The normalized spacial score (nSPS) is 13.9. The van der Waals surface area contributed by atoms with Gasteiger partial charge in [-0.1, -0.05) is 6.07 Å². The average molecular weight is 561 g/mol. The maximum Gasteiger partial charge on any atom is 0.492 e. The van der Waals surface area contributed by atoms with Crippen LogP contribution in [0.4, 0.5) is 49.4 Å². The summed E-state index contributed by atoms with van der Waals surface area (Å²) in [7, 11) is -3.99. The predicted octanol–water partition coefficient (Wildman–Crippen LogP) is 4.57. The fourth-order valence-corrected chi connectivity index (χ4v) is 4.54. The first-order valence-corrected chi connectivity index (χ1v) is 12.0. The molecule has 1 aliphatic heterocycles. The third kappa shape index (κ3) is 5.65. The molecule has 9 nitrogen and oxygen atoms in total. The van der Waals surface area contributed by atoms with Crippen LogP contribution in [0.2, 0.25) is 0 Å². The van der Waals surface area contributed by atoms with Crippen molar-refractivity contribution in [1.29, 1.82) is 0 Å². The summed E-state index contributed by atoms with van der Waals surface area (Å²) in [5.74, 6) is -2.13. The minimum atomic E-state index is -5.39. The van der Waals surface area contributed by atoms with Crippen molar-refractivity contribution in [2.75, 3.05) is 23.8 Å². The number of anilines is 4. The molecule has 38 heavy (non-hydrogen) atoms. The third-order valence-corrected chi connectivity index (χ3v) is 7.05. The fourth-order valence-electron chi connectivity index (χ4n) is 3.58. The molecule has 1 aromatic heterocycles. The van der Waals surface area contributed by atoms with Crippen molar-refractivity contribution >= 4 is 39.0 Å². The first kappa shape index (κ1) is 27.1. The highest BCUT2D eigenvalue weighted by Crippen LogP contribution is 2.37. The topological polar surface area (TPSA) is 105 Å². The van der Waals surface area contributed by atoms with E-state index in [1.54, 1.807) is 4.90 Å². The molecule has 3 aromatic rings. The zero-order chi connectivity index (χ0) is 27.9. The van der Waals surface area contributed by atoms with Gasteiger partial charge in [0.2, 0.25) is 0 Å². The van der Waals surface area contributed by atoms with E-state index >= 15 is 0 Å². The van der Waals surface area contributed by atoms with Gasteiger partial charge < -0.3 is 15.1 Å². The Bertz CT molecular complexity index is 1460. The van der Waals surface area contributed by atoms with Crippen LogP contribution in [-0.2, 0) is 32.3 Å². The van der Waals surface area contributed by atoms with Gasteiger partial charge in [0.15, 0.2) is 0 Å². The van der Waals surface area contributed by atoms with Crippen LogP contribution in [0.3, 0.4) is 0 Å². The van der Waals surface area contributed by atoms with Crippen LogP contribution in [-0.4, -0.2) is 48.6 Å². The van der Waals surface area contributed by atoms with E-state index in [-0.39, 0.29) is 10.3 Å². The number of carbonyl (C=O) groups is 1. The molecule has 0 atom stereocenters. The van der Waals surface area contributed by atoms with Crippen molar-refractivity contribution < 1.29 is 44.4 Å². The molecule has 2 heterocycles. The highest BCUT2D eigenvalue weighted by Gasteiger charge is 2.44. The Morgan fingerprint density at radius 1 is 1.03 bits per heavy atom. The zero-order valence-corrected chi connectivity index (χ0v) is 20.0. The van der Waals surface area contributed by atoms with Crippen LogP contribution in [0.1, 0.15) is 11.1 Å². The number of aromatic nitrogens is 2. The zero-order valence-electron chi connectivity index (χ0n) is 19.2. The van der Waals surface area contributed by atoms with Crippen LogP contribution in [0.15, 0.2) is 59.8 Å². The molecule has 0 unspecified atom stereocenters. The Morgan fingerprint density at radius 3 is 2.34 bits per heavy atom. The van der Waals surface area contributed by atoms with E-state index in [0.29, 0.717) is 37.2 Å². The number of nitrogens with one attached hydrogen (secondary N) is 1. The lowest BCUT2D eigenvalue weighted by Gasteiger charge is -2.21. The molecule has 202 valence electrons. The third-order valence-electron chi connectivity index (χ3n) is 5.45. The lowest BCUT2D eigenvalue weighted by Crippen LogP contribution is -2.36. The Hall–Kier alpha value is -3.92. The standard InChI is InChI=1S/C22H17F6N5O4S/c1-32(37-20(34)22(26,27)28)38(35,36)16-7-2-13-8-9-33(17(13)10-16)19-11-18(29-12-30-19)31-15-5-3-14(4-6-15)21(23,24)25/h2-7,10-12H,8-9H2,1H3,(H,29,30,31). The molecule has 4 rings (SSSR count). The molecule has 0 fully saturated rings. The van der Waals surface area contributed by atoms with Crippen molar-refractivity contribution in [2.24, 2.45) is 0 Å². The van der Waals surface area contributed by atoms with Crippen molar-refractivity contribution in [1.82, 2.24) is 14.4 Å². The van der Waals surface area contributed by atoms with Gasteiger partial charge >= 0.3 is 18.3 Å². The Morgan fingerprint density at radius 2 is 1.71 bits per heavy atom. The molecule has 1 N–H and O–H groups in total. The molecule has 0 spiro atoms. The van der Waals surface area contributed by atoms with Crippen molar-refractivity contribution in [3.63, 3.8) is 0 Å². The Labute approximate surface area is 211 Å². The van der Waals surface area contributed by atoms with E-state index < -0.39 is 38.8 Å². The second-order valence-electron chi connectivity index (χ2n) is 7.94. The molecule has 0 amide bonds. The number of alkyl halides is 6. The molecular weight excluding hydrogens is 544 g/mol. The Kier molecular flexibility index (Phi) is 6.96. The minimum absolute atomic E-state index is 0.166. The van der Waals surface area contributed by atoms with Gasteiger partial charge in [-0.2, -0.15) is 26.3 Å². The van der Waals surface area contributed by atoms with Crippen molar-refractivity contribution in [3.05, 3.63) is 66.0 Å². The second kappa shape index (κ2) is 9.75. The number of halogens is 6. The summed E-state index contributed by atoms with van der Waals surface area (Å²) in [5, 5.41) is 2.86. The number of fused-ring (bicyclic) bond motifs is 1. The second-order valence-corrected chi connectivity index (χ2v) is 9.88. The summed E-state index contributed by atoms with van der Waals surface area (Å²) in [6.45, 7) is 0.370. The van der Waals surface area contributed by atoms with Gasteiger partial charge in [-0.3, -0.25) is 0 Å². The number of benzene rings is 2. The van der Waals surface area contributed by atoms with Crippen molar-refractivity contribution in [2.45, 2.75) is 23.7 Å². The average Bonchev–Trinajstić information content (AvgIpc) is 3.27.